The Bertz CT molecular complexity index is 286. The number of ether oxygens (including phenoxy) is 1. The van der Waals surface area contributed by atoms with Crippen LogP contribution in [0.5, 0.6) is 5.75 Å². The van der Waals surface area contributed by atoms with E-state index in [1.807, 2.05) is 25.1 Å². The van der Waals surface area contributed by atoms with Gasteiger partial charge in [-0.3, -0.25) is 0 Å². The van der Waals surface area contributed by atoms with Crippen LogP contribution in [0.3, 0.4) is 0 Å². The highest BCUT2D eigenvalue weighted by atomic mass is 79.9. The van der Waals surface area contributed by atoms with Gasteiger partial charge >= 0.3 is 0 Å². The Hall–Kier alpha value is -0.540. The van der Waals surface area contributed by atoms with Crippen molar-refractivity contribution in [1.82, 2.24) is 0 Å². The summed E-state index contributed by atoms with van der Waals surface area (Å²) in [6.45, 7) is 1.95. The number of methoxy groups -OCH3 is 1. The van der Waals surface area contributed by atoms with Crippen molar-refractivity contribution >= 4 is 15.9 Å². The molecular weight excluding hydrogens is 232 g/mol. The molecular formula is C10H13BrO2. The van der Waals surface area contributed by atoms with E-state index in [1.165, 1.54) is 0 Å². The maximum absolute atomic E-state index is 9.56. The zero-order chi connectivity index (χ0) is 9.84. The fourth-order valence-electron chi connectivity index (χ4n) is 1.13. The maximum atomic E-state index is 9.56. The van der Waals surface area contributed by atoms with Gasteiger partial charge in [0.15, 0.2) is 0 Å². The lowest BCUT2D eigenvalue weighted by Crippen LogP contribution is -1.95. The molecule has 1 rings (SSSR count). The Labute approximate surface area is 86.7 Å². The summed E-state index contributed by atoms with van der Waals surface area (Å²) >= 11 is 3.37. The van der Waals surface area contributed by atoms with Crippen LogP contribution in [0.2, 0.25) is 0 Å². The zero-order valence-corrected chi connectivity index (χ0v) is 9.34. The molecule has 1 aromatic carbocycles. The van der Waals surface area contributed by atoms with Gasteiger partial charge in [0, 0.05) is 0 Å². The van der Waals surface area contributed by atoms with Crippen molar-refractivity contribution in [1.29, 1.82) is 0 Å². The first-order chi connectivity index (χ1) is 6.19. The van der Waals surface area contributed by atoms with Crippen molar-refractivity contribution in [3.05, 3.63) is 28.2 Å². The maximum Gasteiger partial charge on any atom is 0.133 e. The highest BCUT2D eigenvalue weighted by molar-refractivity contribution is 9.10. The molecule has 1 N–H and O–H groups in total. The molecule has 0 amide bonds. The van der Waals surface area contributed by atoms with Gasteiger partial charge in [-0.1, -0.05) is 13.0 Å². The summed E-state index contributed by atoms with van der Waals surface area (Å²) < 4.78 is 5.96. The number of halogens is 1. The van der Waals surface area contributed by atoms with Gasteiger partial charge in [0.2, 0.25) is 0 Å². The van der Waals surface area contributed by atoms with Gasteiger partial charge in [0.1, 0.15) is 5.75 Å². The third kappa shape index (κ3) is 2.45. The summed E-state index contributed by atoms with van der Waals surface area (Å²) in [5.41, 5.74) is 0.912. The predicted octanol–water partition coefficient (Wildman–Crippen LogP) is 2.90. The van der Waals surface area contributed by atoms with Gasteiger partial charge in [0.05, 0.1) is 17.7 Å². The quantitative estimate of drug-likeness (QED) is 0.887. The van der Waals surface area contributed by atoms with Crippen LogP contribution in [0.4, 0.5) is 0 Å². The van der Waals surface area contributed by atoms with E-state index >= 15 is 0 Å². The number of aliphatic hydroxyl groups excluding tert-OH is 1. The number of aliphatic hydroxyl groups is 1. The second-order valence-corrected chi connectivity index (χ2v) is 3.67. The van der Waals surface area contributed by atoms with Gasteiger partial charge in [-0.05, 0) is 40.0 Å². The molecule has 1 aromatic rings. The summed E-state index contributed by atoms with van der Waals surface area (Å²) in [7, 11) is 1.62. The summed E-state index contributed by atoms with van der Waals surface area (Å²) in [4.78, 5) is 0. The first-order valence-electron chi connectivity index (χ1n) is 4.20. The Balaban J connectivity index is 2.95. The molecule has 2 nitrogen and oxygen atoms in total. The van der Waals surface area contributed by atoms with Crippen LogP contribution in [-0.4, -0.2) is 12.2 Å². The lowest BCUT2D eigenvalue weighted by atomic mass is 10.1. The molecule has 0 aliphatic heterocycles. The van der Waals surface area contributed by atoms with Crippen LogP contribution in [0.1, 0.15) is 25.0 Å². The van der Waals surface area contributed by atoms with Crippen molar-refractivity contribution in [2.45, 2.75) is 19.4 Å². The minimum Gasteiger partial charge on any atom is -0.496 e. The van der Waals surface area contributed by atoms with E-state index in [2.05, 4.69) is 15.9 Å². The number of hydrogen-bond acceptors (Lipinski definition) is 2. The first-order valence-corrected chi connectivity index (χ1v) is 4.99. The van der Waals surface area contributed by atoms with Crippen LogP contribution in [-0.2, 0) is 0 Å². The van der Waals surface area contributed by atoms with Gasteiger partial charge in [-0.2, -0.15) is 0 Å². The first kappa shape index (κ1) is 10.5. The fourth-order valence-corrected chi connectivity index (χ4v) is 1.68. The van der Waals surface area contributed by atoms with Crippen LogP contribution in [0.15, 0.2) is 22.7 Å². The Morgan fingerprint density at radius 2 is 2.23 bits per heavy atom. The van der Waals surface area contributed by atoms with Crippen LogP contribution < -0.4 is 4.74 Å². The molecule has 0 saturated carbocycles. The monoisotopic (exact) mass is 244 g/mol. The lowest BCUT2D eigenvalue weighted by Gasteiger charge is -2.10. The molecule has 3 heteroatoms. The Morgan fingerprint density at radius 3 is 2.69 bits per heavy atom. The average molecular weight is 245 g/mol. The van der Waals surface area contributed by atoms with E-state index in [0.29, 0.717) is 0 Å². The van der Waals surface area contributed by atoms with E-state index in [-0.39, 0.29) is 6.10 Å². The molecule has 1 atom stereocenters. The van der Waals surface area contributed by atoms with Crippen LogP contribution in [0.25, 0.3) is 0 Å². The summed E-state index contributed by atoms with van der Waals surface area (Å²) in [6, 6.07) is 5.60. The minimum absolute atomic E-state index is 0.387. The van der Waals surface area contributed by atoms with E-state index < -0.39 is 0 Å². The zero-order valence-electron chi connectivity index (χ0n) is 7.75. The molecule has 0 fully saturated rings. The molecule has 0 spiro atoms. The highest BCUT2D eigenvalue weighted by Gasteiger charge is 2.07. The normalized spacial score (nSPS) is 12.6. The second-order valence-electron chi connectivity index (χ2n) is 2.82. The van der Waals surface area contributed by atoms with Crippen molar-refractivity contribution in [3.8, 4) is 5.75 Å². The molecule has 0 unspecified atom stereocenters. The summed E-state index contributed by atoms with van der Waals surface area (Å²) in [5.74, 6) is 0.784. The Kier molecular flexibility index (Phi) is 3.75. The Morgan fingerprint density at radius 1 is 1.54 bits per heavy atom. The smallest absolute Gasteiger partial charge is 0.133 e. The topological polar surface area (TPSA) is 29.5 Å². The minimum atomic E-state index is -0.387. The molecule has 72 valence electrons. The third-order valence-corrected chi connectivity index (χ3v) is 2.57. The lowest BCUT2D eigenvalue weighted by molar-refractivity contribution is 0.173. The molecule has 13 heavy (non-hydrogen) atoms. The van der Waals surface area contributed by atoms with E-state index in [0.717, 1.165) is 22.2 Å². The van der Waals surface area contributed by atoms with Crippen LogP contribution in [0, 0.1) is 0 Å². The predicted molar refractivity (Wildman–Crippen MR) is 55.9 cm³/mol. The van der Waals surface area contributed by atoms with Crippen molar-refractivity contribution in [3.63, 3.8) is 0 Å². The standard InChI is InChI=1S/C10H13BrO2/c1-3-9(12)7-4-5-10(13-2)8(11)6-7/h4-6,9,12H,3H2,1-2H3/t9-/m0/s1. The molecule has 0 aliphatic rings. The van der Waals surface area contributed by atoms with Gasteiger partial charge in [-0.15, -0.1) is 0 Å². The van der Waals surface area contributed by atoms with E-state index in [4.69, 9.17) is 4.74 Å². The molecule has 0 saturated heterocycles. The molecule has 0 aliphatic carbocycles. The van der Waals surface area contributed by atoms with Crippen molar-refractivity contribution in [2.75, 3.05) is 7.11 Å². The van der Waals surface area contributed by atoms with Gasteiger partial charge in [-0.25, -0.2) is 0 Å². The number of benzene rings is 1. The van der Waals surface area contributed by atoms with E-state index in [9.17, 15) is 5.11 Å². The van der Waals surface area contributed by atoms with Crippen molar-refractivity contribution in [2.24, 2.45) is 0 Å². The van der Waals surface area contributed by atoms with Crippen LogP contribution >= 0.6 is 15.9 Å². The summed E-state index contributed by atoms with van der Waals surface area (Å²) in [6.07, 6.45) is 0.334. The van der Waals surface area contributed by atoms with Crippen molar-refractivity contribution < 1.29 is 9.84 Å². The van der Waals surface area contributed by atoms with Gasteiger partial charge in [0.25, 0.3) is 0 Å². The fraction of sp³-hybridized carbons (Fsp3) is 0.400. The largest absolute Gasteiger partial charge is 0.496 e. The third-order valence-electron chi connectivity index (χ3n) is 1.95. The SMILES string of the molecule is CC[C@H](O)c1ccc(OC)c(Br)c1. The highest BCUT2D eigenvalue weighted by Crippen LogP contribution is 2.28. The average Bonchev–Trinajstić information content (AvgIpc) is 2.16. The number of rotatable bonds is 3. The molecule has 0 aromatic heterocycles. The van der Waals surface area contributed by atoms with E-state index in [1.54, 1.807) is 7.11 Å². The number of hydrogen-bond donors (Lipinski definition) is 1. The molecule has 0 heterocycles. The molecule has 0 radical (unpaired) electrons. The summed E-state index contributed by atoms with van der Waals surface area (Å²) in [5, 5.41) is 9.56. The molecule has 0 bridgehead atoms. The second kappa shape index (κ2) is 4.63. The van der Waals surface area contributed by atoms with Gasteiger partial charge < -0.3 is 9.84 Å².